The minimum absolute atomic E-state index is 0. The number of nitrogens with zero attached hydrogens (tertiary/aromatic N) is 1. The Labute approximate surface area is 197 Å². The number of hydrogen-bond acceptors (Lipinski definition) is 5. The van der Waals surface area contributed by atoms with Crippen molar-refractivity contribution in [3.8, 4) is 0 Å². The fourth-order valence-corrected chi connectivity index (χ4v) is 3.47. The minimum atomic E-state index is 0. The van der Waals surface area contributed by atoms with E-state index in [9.17, 15) is 0 Å². The molecule has 0 bridgehead atoms. The van der Waals surface area contributed by atoms with E-state index in [4.69, 9.17) is 18.9 Å². The zero-order valence-electron chi connectivity index (χ0n) is 18.1. The third-order valence-corrected chi connectivity index (χ3v) is 5.18. The smallest absolute Gasteiger partial charge is 0.191 e. The fourth-order valence-electron chi connectivity index (χ4n) is 3.47. The molecule has 3 rings (SSSR count). The summed E-state index contributed by atoms with van der Waals surface area (Å²) < 4.78 is 22.6. The van der Waals surface area contributed by atoms with Gasteiger partial charge < -0.3 is 29.6 Å². The highest BCUT2D eigenvalue weighted by Crippen LogP contribution is 2.14. The number of halogens is 1. The maximum absolute atomic E-state index is 6.03. The average Bonchev–Trinajstić information content (AvgIpc) is 3.28. The quantitative estimate of drug-likeness (QED) is 0.289. The number of ether oxygens (including phenoxy) is 4. The molecule has 1 aromatic rings. The second-order valence-electron chi connectivity index (χ2n) is 7.73. The maximum Gasteiger partial charge on any atom is 0.191 e. The van der Waals surface area contributed by atoms with E-state index in [1.54, 1.807) is 7.05 Å². The summed E-state index contributed by atoms with van der Waals surface area (Å²) in [4.78, 5) is 4.32. The van der Waals surface area contributed by atoms with Gasteiger partial charge in [-0.3, -0.25) is 4.99 Å². The molecule has 0 saturated carbocycles. The van der Waals surface area contributed by atoms with Gasteiger partial charge in [-0.15, -0.1) is 24.0 Å². The molecule has 0 spiro atoms. The summed E-state index contributed by atoms with van der Waals surface area (Å²) in [6.07, 6.45) is 3.49. The summed E-state index contributed by atoms with van der Waals surface area (Å²) in [6.45, 7) is 7.19. The van der Waals surface area contributed by atoms with Crippen molar-refractivity contribution in [1.29, 1.82) is 0 Å². The van der Waals surface area contributed by atoms with E-state index < -0.39 is 0 Å². The zero-order valence-corrected chi connectivity index (χ0v) is 20.4. The molecule has 0 radical (unpaired) electrons. The first kappa shape index (κ1) is 25.3. The number of aliphatic imine (C=N–C) groups is 1. The van der Waals surface area contributed by atoms with Crippen LogP contribution in [0.1, 0.15) is 37.3 Å². The first-order valence-corrected chi connectivity index (χ1v) is 10.7. The normalized spacial score (nSPS) is 21.1. The standard InChI is InChI=1S/C22H35N3O4.HI/c1-17(14-28-21-8-11-27-16-21)25-22(23-2)24-13-18-4-3-5-19(12-18)15-29-20-6-9-26-10-7-20;/h3-5,12,17,20-21H,6-11,13-16H2,1-2H3,(H2,23,24,25);1H. The van der Waals surface area contributed by atoms with Gasteiger partial charge in [-0.25, -0.2) is 0 Å². The molecule has 2 fully saturated rings. The Kier molecular flexibility index (Phi) is 12.0. The van der Waals surface area contributed by atoms with Crippen LogP contribution in [0.3, 0.4) is 0 Å². The van der Waals surface area contributed by atoms with Crippen LogP contribution in [0.25, 0.3) is 0 Å². The lowest BCUT2D eigenvalue weighted by molar-refractivity contribution is -0.0390. The predicted molar refractivity (Wildman–Crippen MR) is 128 cm³/mol. The average molecular weight is 533 g/mol. The molecule has 2 aliphatic rings. The van der Waals surface area contributed by atoms with E-state index in [0.29, 0.717) is 32.5 Å². The lowest BCUT2D eigenvalue weighted by atomic mass is 10.1. The van der Waals surface area contributed by atoms with Crippen molar-refractivity contribution in [2.24, 2.45) is 4.99 Å². The van der Waals surface area contributed by atoms with Gasteiger partial charge in [-0.1, -0.05) is 24.3 Å². The van der Waals surface area contributed by atoms with E-state index in [2.05, 4.69) is 46.8 Å². The summed E-state index contributed by atoms with van der Waals surface area (Å²) in [6, 6.07) is 8.66. The topological polar surface area (TPSA) is 73.3 Å². The first-order chi connectivity index (χ1) is 14.2. The van der Waals surface area contributed by atoms with E-state index in [0.717, 1.165) is 45.0 Å². The van der Waals surface area contributed by atoms with Gasteiger partial charge in [0.05, 0.1) is 32.0 Å². The second-order valence-corrected chi connectivity index (χ2v) is 7.73. The molecule has 1 aromatic carbocycles. The van der Waals surface area contributed by atoms with E-state index in [1.165, 1.54) is 11.1 Å². The lowest BCUT2D eigenvalue weighted by Gasteiger charge is -2.22. The van der Waals surface area contributed by atoms with E-state index >= 15 is 0 Å². The molecular weight excluding hydrogens is 497 g/mol. The molecule has 2 atom stereocenters. The Hall–Kier alpha value is -0.940. The number of guanidine groups is 1. The lowest BCUT2D eigenvalue weighted by Crippen LogP contribution is -2.44. The van der Waals surface area contributed by atoms with Crippen molar-refractivity contribution in [2.75, 3.05) is 40.1 Å². The van der Waals surface area contributed by atoms with Crippen molar-refractivity contribution >= 4 is 29.9 Å². The summed E-state index contributed by atoms with van der Waals surface area (Å²) in [5.74, 6) is 0.771. The van der Waals surface area contributed by atoms with Crippen LogP contribution in [-0.4, -0.2) is 64.3 Å². The molecule has 0 aliphatic carbocycles. The largest absolute Gasteiger partial charge is 0.381 e. The summed E-state index contributed by atoms with van der Waals surface area (Å²) >= 11 is 0. The third-order valence-electron chi connectivity index (χ3n) is 5.18. The molecule has 30 heavy (non-hydrogen) atoms. The highest BCUT2D eigenvalue weighted by molar-refractivity contribution is 14.0. The van der Waals surface area contributed by atoms with Gasteiger partial charge in [-0.2, -0.15) is 0 Å². The third kappa shape index (κ3) is 9.05. The van der Waals surface area contributed by atoms with E-state index in [1.807, 2.05) is 0 Å². The molecule has 2 saturated heterocycles. The van der Waals surface area contributed by atoms with Crippen LogP contribution < -0.4 is 10.6 Å². The Balaban J connectivity index is 0.00000320. The zero-order chi connectivity index (χ0) is 20.3. The van der Waals surface area contributed by atoms with Gasteiger partial charge in [0.2, 0.25) is 0 Å². The van der Waals surface area contributed by atoms with Gasteiger partial charge >= 0.3 is 0 Å². The van der Waals surface area contributed by atoms with E-state index in [-0.39, 0.29) is 36.1 Å². The van der Waals surface area contributed by atoms with Crippen LogP contribution in [0.4, 0.5) is 0 Å². The highest BCUT2D eigenvalue weighted by Gasteiger charge is 2.17. The molecule has 2 unspecified atom stereocenters. The van der Waals surface area contributed by atoms with Crippen LogP contribution >= 0.6 is 24.0 Å². The van der Waals surface area contributed by atoms with Crippen molar-refractivity contribution in [3.05, 3.63) is 35.4 Å². The highest BCUT2D eigenvalue weighted by atomic mass is 127. The second kappa shape index (κ2) is 14.2. The monoisotopic (exact) mass is 533 g/mol. The number of benzene rings is 1. The Morgan fingerprint density at radius 1 is 1.10 bits per heavy atom. The molecular formula is C22H36IN3O4. The summed E-state index contributed by atoms with van der Waals surface area (Å²) in [5.41, 5.74) is 2.40. The van der Waals surface area contributed by atoms with Crippen LogP contribution in [0.5, 0.6) is 0 Å². The van der Waals surface area contributed by atoms with Gasteiger partial charge in [0.1, 0.15) is 0 Å². The number of hydrogen-bond donors (Lipinski definition) is 2. The molecule has 0 amide bonds. The summed E-state index contributed by atoms with van der Waals surface area (Å²) in [7, 11) is 1.78. The molecule has 8 heteroatoms. The first-order valence-electron chi connectivity index (χ1n) is 10.7. The van der Waals surface area contributed by atoms with Crippen molar-refractivity contribution in [1.82, 2.24) is 10.6 Å². The molecule has 2 aliphatic heterocycles. The van der Waals surface area contributed by atoms with Crippen molar-refractivity contribution < 1.29 is 18.9 Å². The molecule has 7 nitrogen and oxygen atoms in total. The number of nitrogens with one attached hydrogen (secondary N) is 2. The predicted octanol–water partition coefficient (Wildman–Crippen LogP) is 2.86. The van der Waals surface area contributed by atoms with Gasteiger partial charge in [0, 0.05) is 39.5 Å². The molecule has 2 N–H and O–H groups in total. The van der Waals surface area contributed by atoms with Gasteiger partial charge in [0.25, 0.3) is 0 Å². The fraction of sp³-hybridized carbons (Fsp3) is 0.682. The Morgan fingerprint density at radius 3 is 2.57 bits per heavy atom. The maximum atomic E-state index is 6.03. The Bertz CT molecular complexity index is 635. The van der Waals surface area contributed by atoms with Crippen LogP contribution in [0, 0.1) is 0 Å². The molecule has 170 valence electrons. The van der Waals surface area contributed by atoms with Crippen LogP contribution in [0.2, 0.25) is 0 Å². The summed E-state index contributed by atoms with van der Waals surface area (Å²) in [5, 5.41) is 6.76. The molecule has 0 aromatic heterocycles. The van der Waals surface area contributed by atoms with Crippen molar-refractivity contribution in [2.45, 2.75) is 57.6 Å². The minimum Gasteiger partial charge on any atom is -0.381 e. The number of rotatable bonds is 9. The Morgan fingerprint density at radius 2 is 1.83 bits per heavy atom. The van der Waals surface area contributed by atoms with Gasteiger partial charge in [-0.05, 0) is 37.3 Å². The van der Waals surface area contributed by atoms with Crippen LogP contribution in [-0.2, 0) is 32.1 Å². The van der Waals surface area contributed by atoms with Crippen molar-refractivity contribution in [3.63, 3.8) is 0 Å². The van der Waals surface area contributed by atoms with Gasteiger partial charge in [0.15, 0.2) is 5.96 Å². The SMILES string of the molecule is CN=C(NCc1cccc(COC2CCOCC2)c1)NC(C)COC1CCOC1.I. The molecule has 2 heterocycles. The van der Waals surface area contributed by atoms with Crippen LogP contribution in [0.15, 0.2) is 29.3 Å².